The van der Waals surface area contributed by atoms with Gasteiger partial charge in [0.2, 0.25) is 15.9 Å². The number of aromatic amines is 1. The number of piperidine rings is 1. The van der Waals surface area contributed by atoms with Gasteiger partial charge in [-0.1, -0.05) is 12.1 Å². The number of carbonyl (C=O) groups is 1. The molecule has 1 aliphatic heterocycles. The van der Waals surface area contributed by atoms with Gasteiger partial charge in [-0.3, -0.25) is 9.89 Å². The van der Waals surface area contributed by atoms with Gasteiger partial charge in [-0.2, -0.15) is 9.40 Å². The summed E-state index contributed by atoms with van der Waals surface area (Å²) in [5.74, 6) is -1.17. The molecule has 1 fully saturated rings. The molecule has 0 bridgehead atoms. The minimum Gasteiger partial charge on any atom is -0.326 e. The van der Waals surface area contributed by atoms with Gasteiger partial charge in [0.1, 0.15) is 5.82 Å². The topological polar surface area (TPSA) is 95.2 Å². The van der Waals surface area contributed by atoms with Crippen LogP contribution in [0, 0.1) is 11.7 Å². The summed E-state index contributed by atoms with van der Waals surface area (Å²) in [4.78, 5) is 13.1. The zero-order chi connectivity index (χ0) is 23.7. The second kappa shape index (κ2) is 9.31. The summed E-state index contributed by atoms with van der Waals surface area (Å²) >= 11 is 0. The molecule has 34 heavy (non-hydrogen) atoms. The first kappa shape index (κ1) is 22.7. The lowest BCUT2D eigenvalue weighted by atomic mass is 9.93. The van der Waals surface area contributed by atoms with Crippen LogP contribution in [0.25, 0.3) is 11.3 Å². The van der Waals surface area contributed by atoms with Crippen LogP contribution in [0.4, 0.5) is 10.1 Å². The molecule has 178 valence electrons. The number of aromatic nitrogens is 2. The quantitative estimate of drug-likeness (QED) is 0.572. The van der Waals surface area contributed by atoms with Gasteiger partial charge in [-0.05, 0) is 74.9 Å². The lowest BCUT2D eigenvalue weighted by Gasteiger charge is -2.31. The molecule has 0 unspecified atom stereocenters. The fraction of sp³-hybridized carbons (Fsp3) is 0.360. The number of amides is 1. The van der Waals surface area contributed by atoms with Gasteiger partial charge >= 0.3 is 0 Å². The van der Waals surface area contributed by atoms with E-state index < -0.39 is 21.8 Å². The molecule has 2 heterocycles. The van der Waals surface area contributed by atoms with Crippen molar-refractivity contribution < 1.29 is 17.6 Å². The Morgan fingerprint density at radius 2 is 1.88 bits per heavy atom. The summed E-state index contributed by atoms with van der Waals surface area (Å²) in [5, 5.41) is 10.6. The number of hydrogen-bond acceptors (Lipinski definition) is 4. The van der Waals surface area contributed by atoms with Gasteiger partial charge in [0.05, 0.1) is 16.5 Å². The molecule has 3 aromatic rings. The maximum atomic E-state index is 13.2. The number of benzene rings is 2. The number of rotatable bonds is 5. The first-order valence-corrected chi connectivity index (χ1v) is 13.1. The van der Waals surface area contributed by atoms with Crippen LogP contribution in [0.1, 0.15) is 36.9 Å². The van der Waals surface area contributed by atoms with Crippen LogP contribution >= 0.6 is 0 Å². The highest BCUT2D eigenvalue weighted by atomic mass is 32.2. The minimum absolute atomic E-state index is 0.0324. The molecular weight excluding hydrogens is 455 g/mol. The average Bonchev–Trinajstić information content (AvgIpc) is 3.29. The SMILES string of the molecule is O=C(Nc1cccc(-c2n[nH]c3c2CCCC3)c1)[C@@H]1CCCN(S(=O)(=O)c2ccc(F)cc2)C1. The lowest BCUT2D eigenvalue weighted by Crippen LogP contribution is -2.43. The van der Waals surface area contributed by atoms with E-state index in [9.17, 15) is 17.6 Å². The molecule has 0 saturated carbocycles. The summed E-state index contributed by atoms with van der Waals surface area (Å²) in [6.07, 6.45) is 5.51. The molecule has 0 spiro atoms. The molecule has 2 aromatic carbocycles. The Balaban J connectivity index is 1.29. The Bertz CT molecular complexity index is 1300. The molecule has 2 N–H and O–H groups in total. The van der Waals surface area contributed by atoms with Crippen molar-refractivity contribution in [3.63, 3.8) is 0 Å². The standard InChI is InChI=1S/C25H27FN4O3S/c26-19-10-12-21(13-11-19)34(32,33)30-14-4-6-18(16-30)25(31)27-20-7-3-5-17(15-20)24-22-8-1-2-9-23(22)28-29-24/h3,5,7,10-13,15,18H,1-2,4,6,8-9,14,16H2,(H,27,31)(H,28,29)/t18-/m1/s1. The highest BCUT2D eigenvalue weighted by Crippen LogP contribution is 2.31. The predicted octanol–water partition coefficient (Wildman–Crippen LogP) is 4.13. The Hall–Kier alpha value is -3.04. The van der Waals surface area contributed by atoms with Gasteiger partial charge in [-0.15, -0.1) is 0 Å². The molecule has 1 aromatic heterocycles. The van der Waals surface area contributed by atoms with Gasteiger partial charge in [0.15, 0.2) is 0 Å². The van der Waals surface area contributed by atoms with E-state index >= 15 is 0 Å². The molecule has 2 aliphatic rings. The van der Waals surface area contributed by atoms with E-state index in [1.807, 2.05) is 24.3 Å². The normalized spacial score (nSPS) is 18.9. The second-order valence-corrected chi connectivity index (χ2v) is 10.9. The van der Waals surface area contributed by atoms with Crippen molar-refractivity contribution in [1.82, 2.24) is 14.5 Å². The van der Waals surface area contributed by atoms with Crippen molar-refractivity contribution in [3.8, 4) is 11.3 Å². The third kappa shape index (κ3) is 4.50. The van der Waals surface area contributed by atoms with Gasteiger partial charge in [0.25, 0.3) is 0 Å². The fourth-order valence-electron chi connectivity index (χ4n) is 4.84. The zero-order valence-corrected chi connectivity index (χ0v) is 19.6. The van der Waals surface area contributed by atoms with Crippen LogP contribution < -0.4 is 5.32 Å². The van der Waals surface area contributed by atoms with Crippen LogP contribution in [0.15, 0.2) is 53.4 Å². The maximum Gasteiger partial charge on any atom is 0.243 e. The zero-order valence-electron chi connectivity index (χ0n) is 18.8. The molecule has 5 rings (SSSR count). The average molecular weight is 483 g/mol. The number of nitrogens with one attached hydrogen (secondary N) is 2. The number of H-pyrrole nitrogens is 1. The monoisotopic (exact) mass is 482 g/mol. The molecule has 1 aliphatic carbocycles. The van der Waals surface area contributed by atoms with Crippen molar-refractivity contribution in [3.05, 3.63) is 65.6 Å². The number of halogens is 1. The first-order chi connectivity index (χ1) is 16.4. The van der Waals surface area contributed by atoms with E-state index in [2.05, 4.69) is 15.5 Å². The largest absolute Gasteiger partial charge is 0.326 e. The summed E-state index contributed by atoms with van der Waals surface area (Å²) in [6.45, 7) is 0.432. The summed E-state index contributed by atoms with van der Waals surface area (Å²) in [6, 6.07) is 12.4. The second-order valence-electron chi connectivity index (χ2n) is 8.96. The van der Waals surface area contributed by atoms with E-state index in [1.165, 1.54) is 34.1 Å². The number of aryl methyl sites for hydroxylation is 1. The molecule has 0 radical (unpaired) electrons. The van der Waals surface area contributed by atoms with Crippen molar-refractivity contribution in [2.75, 3.05) is 18.4 Å². The molecule has 1 atom stereocenters. The van der Waals surface area contributed by atoms with Crippen molar-refractivity contribution in [1.29, 1.82) is 0 Å². The van der Waals surface area contributed by atoms with Gasteiger partial charge in [0, 0.05) is 35.6 Å². The van der Waals surface area contributed by atoms with Crippen LogP contribution in [-0.4, -0.2) is 41.9 Å². The third-order valence-electron chi connectivity index (χ3n) is 6.67. The van der Waals surface area contributed by atoms with E-state index in [-0.39, 0.29) is 17.3 Å². The summed E-state index contributed by atoms with van der Waals surface area (Å²) in [5.41, 5.74) is 4.99. The number of carbonyl (C=O) groups excluding carboxylic acids is 1. The van der Waals surface area contributed by atoms with Gasteiger partial charge in [-0.25, -0.2) is 12.8 Å². The molecule has 1 saturated heterocycles. The number of sulfonamides is 1. The smallest absolute Gasteiger partial charge is 0.243 e. The predicted molar refractivity (Wildman–Crippen MR) is 127 cm³/mol. The Labute approximate surface area is 198 Å². The molecule has 7 nitrogen and oxygen atoms in total. The van der Waals surface area contributed by atoms with E-state index in [0.717, 1.165) is 42.7 Å². The van der Waals surface area contributed by atoms with Crippen molar-refractivity contribution in [2.45, 2.75) is 43.4 Å². The van der Waals surface area contributed by atoms with Crippen LogP contribution in [0.3, 0.4) is 0 Å². The van der Waals surface area contributed by atoms with Crippen LogP contribution in [0.5, 0.6) is 0 Å². The van der Waals surface area contributed by atoms with E-state index in [0.29, 0.717) is 25.1 Å². The van der Waals surface area contributed by atoms with Crippen LogP contribution in [0.2, 0.25) is 0 Å². The number of hydrogen-bond donors (Lipinski definition) is 2. The summed E-state index contributed by atoms with van der Waals surface area (Å²) < 4.78 is 40.5. The Morgan fingerprint density at radius 1 is 1.09 bits per heavy atom. The van der Waals surface area contributed by atoms with E-state index in [1.54, 1.807) is 0 Å². The maximum absolute atomic E-state index is 13.2. The fourth-order valence-corrected chi connectivity index (χ4v) is 6.36. The lowest BCUT2D eigenvalue weighted by molar-refractivity contribution is -0.120. The van der Waals surface area contributed by atoms with Crippen LogP contribution in [-0.2, 0) is 27.7 Å². The van der Waals surface area contributed by atoms with Crippen molar-refractivity contribution >= 4 is 21.6 Å². The number of nitrogens with zero attached hydrogens (tertiary/aromatic N) is 2. The molecule has 1 amide bonds. The minimum atomic E-state index is -3.79. The number of fused-ring (bicyclic) bond motifs is 1. The Kier molecular flexibility index (Phi) is 6.22. The van der Waals surface area contributed by atoms with E-state index in [4.69, 9.17) is 0 Å². The molecule has 9 heteroatoms. The van der Waals surface area contributed by atoms with Crippen molar-refractivity contribution in [2.24, 2.45) is 5.92 Å². The Morgan fingerprint density at radius 3 is 2.71 bits per heavy atom. The molecular formula is C25H27FN4O3S. The highest BCUT2D eigenvalue weighted by Gasteiger charge is 2.33. The highest BCUT2D eigenvalue weighted by molar-refractivity contribution is 7.89. The van der Waals surface area contributed by atoms with Gasteiger partial charge < -0.3 is 5.32 Å². The first-order valence-electron chi connectivity index (χ1n) is 11.6. The third-order valence-corrected chi connectivity index (χ3v) is 8.55. The summed E-state index contributed by atoms with van der Waals surface area (Å²) in [7, 11) is -3.79. The number of anilines is 1.